The first-order chi connectivity index (χ1) is 11.9. The first-order valence-corrected chi connectivity index (χ1v) is 10.5. The second-order valence-electron chi connectivity index (χ2n) is 6.32. The van der Waals surface area contributed by atoms with Crippen LogP contribution in [0.2, 0.25) is 10.0 Å². The number of piperazine rings is 1. The lowest BCUT2D eigenvalue weighted by atomic mass is 10.3. The van der Waals surface area contributed by atoms with Crippen LogP contribution in [-0.4, -0.2) is 74.2 Å². The monoisotopic (exact) mass is 405 g/mol. The summed E-state index contributed by atoms with van der Waals surface area (Å²) in [7, 11) is -3.72. The molecule has 2 heterocycles. The summed E-state index contributed by atoms with van der Waals surface area (Å²) in [6.07, 6.45) is 2.28. The Bertz CT molecular complexity index is 743. The predicted molar refractivity (Wildman–Crippen MR) is 97.5 cm³/mol. The first-order valence-electron chi connectivity index (χ1n) is 8.34. The van der Waals surface area contributed by atoms with Gasteiger partial charge < -0.3 is 4.90 Å². The molecule has 0 radical (unpaired) electrons. The van der Waals surface area contributed by atoms with E-state index in [1.165, 1.54) is 10.4 Å². The van der Waals surface area contributed by atoms with Crippen LogP contribution in [0.4, 0.5) is 0 Å². The highest BCUT2D eigenvalue weighted by Crippen LogP contribution is 2.31. The third kappa shape index (κ3) is 4.11. The Morgan fingerprint density at radius 2 is 1.64 bits per heavy atom. The Hall–Kier alpha value is -0.860. The molecular weight excluding hydrogens is 385 g/mol. The summed E-state index contributed by atoms with van der Waals surface area (Å²) in [6.45, 7) is 3.66. The fourth-order valence-corrected chi connectivity index (χ4v) is 5.39. The summed E-state index contributed by atoms with van der Waals surface area (Å²) in [5.74, 6) is 0.0692. The van der Waals surface area contributed by atoms with Crippen LogP contribution in [0, 0.1) is 0 Å². The van der Waals surface area contributed by atoms with Crippen molar-refractivity contribution < 1.29 is 13.2 Å². The molecule has 0 bridgehead atoms. The van der Waals surface area contributed by atoms with E-state index in [2.05, 4.69) is 4.90 Å². The zero-order valence-corrected chi connectivity index (χ0v) is 16.2. The largest absolute Gasteiger partial charge is 0.339 e. The van der Waals surface area contributed by atoms with E-state index in [9.17, 15) is 13.2 Å². The lowest BCUT2D eigenvalue weighted by molar-refractivity contribution is -0.133. The highest BCUT2D eigenvalue weighted by Gasteiger charge is 2.32. The maximum absolute atomic E-state index is 12.8. The highest BCUT2D eigenvalue weighted by atomic mass is 35.5. The Kier molecular flexibility index (Phi) is 5.90. The minimum Gasteiger partial charge on any atom is -0.339 e. The number of nitrogens with zero attached hydrogens (tertiary/aromatic N) is 3. The van der Waals surface area contributed by atoms with Crippen molar-refractivity contribution in [2.24, 2.45) is 0 Å². The molecule has 3 rings (SSSR count). The molecule has 0 saturated carbocycles. The van der Waals surface area contributed by atoms with Gasteiger partial charge in [-0.1, -0.05) is 29.3 Å². The number of sulfonamides is 1. The van der Waals surface area contributed by atoms with Crippen LogP contribution in [0.5, 0.6) is 0 Å². The lowest BCUT2D eigenvalue weighted by Gasteiger charge is -2.35. The van der Waals surface area contributed by atoms with E-state index in [1.807, 2.05) is 0 Å². The van der Waals surface area contributed by atoms with Crippen LogP contribution in [0.25, 0.3) is 0 Å². The molecule has 2 aliphatic heterocycles. The molecule has 25 heavy (non-hydrogen) atoms. The van der Waals surface area contributed by atoms with Crippen molar-refractivity contribution in [1.82, 2.24) is 14.1 Å². The van der Waals surface area contributed by atoms with Gasteiger partial charge in [0.1, 0.15) is 4.90 Å². The number of hydrogen-bond acceptors (Lipinski definition) is 4. The third-order valence-electron chi connectivity index (χ3n) is 4.68. The van der Waals surface area contributed by atoms with E-state index in [-0.39, 0.29) is 33.9 Å². The smallest absolute Gasteiger partial charge is 0.244 e. The molecule has 0 unspecified atom stereocenters. The Labute approximate surface area is 158 Å². The summed E-state index contributed by atoms with van der Waals surface area (Å²) < 4.78 is 26.9. The SMILES string of the molecule is O=C(CN1CCCC1)N1CCN(S(=O)(=O)c2cccc(Cl)c2Cl)CC1. The van der Waals surface area contributed by atoms with Gasteiger partial charge in [0.25, 0.3) is 0 Å². The van der Waals surface area contributed by atoms with Gasteiger partial charge in [-0.25, -0.2) is 8.42 Å². The van der Waals surface area contributed by atoms with Gasteiger partial charge in [-0.3, -0.25) is 9.69 Å². The number of hydrogen-bond donors (Lipinski definition) is 0. The number of rotatable bonds is 4. The van der Waals surface area contributed by atoms with E-state index in [0.717, 1.165) is 25.9 Å². The maximum atomic E-state index is 12.8. The van der Waals surface area contributed by atoms with Gasteiger partial charge in [0.15, 0.2) is 0 Å². The van der Waals surface area contributed by atoms with E-state index >= 15 is 0 Å². The van der Waals surface area contributed by atoms with Crippen molar-refractivity contribution >= 4 is 39.1 Å². The fraction of sp³-hybridized carbons (Fsp3) is 0.562. The molecule has 2 saturated heterocycles. The van der Waals surface area contributed by atoms with Crippen LogP contribution in [-0.2, 0) is 14.8 Å². The number of halogens is 2. The number of benzene rings is 1. The third-order valence-corrected chi connectivity index (χ3v) is 7.55. The Morgan fingerprint density at radius 3 is 2.28 bits per heavy atom. The highest BCUT2D eigenvalue weighted by molar-refractivity contribution is 7.89. The number of carbonyl (C=O) groups is 1. The van der Waals surface area contributed by atoms with Crippen LogP contribution in [0.15, 0.2) is 23.1 Å². The molecule has 0 aromatic heterocycles. The number of likely N-dealkylation sites (tertiary alicyclic amines) is 1. The fourth-order valence-electron chi connectivity index (χ4n) is 3.23. The van der Waals surface area contributed by atoms with Crippen molar-refractivity contribution in [1.29, 1.82) is 0 Å². The molecule has 1 aromatic rings. The van der Waals surface area contributed by atoms with Crippen LogP contribution in [0.3, 0.4) is 0 Å². The van der Waals surface area contributed by atoms with Crippen LogP contribution in [0.1, 0.15) is 12.8 Å². The van der Waals surface area contributed by atoms with Gasteiger partial charge in [-0.2, -0.15) is 4.31 Å². The molecular formula is C16H21Cl2N3O3S. The zero-order valence-electron chi connectivity index (χ0n) is 13.8. The second kappa shape index (κ2) is 7.80. The van der Waals surface area contributed by atoms with E-state index in [1.54, 1.807) is 17.0 Å². The van der Waals surface area contributed by atoms with Crippen LogP contribution < -0.4 is 0 Å². The van der Waals surface area contributed by atoms with Gasteiger partial charge >= 0.3 is 0 Å². The average molecular weight is 406 g/mol. The summed E-state index contributed by atoms with van der Waals surface area (Å²) in [4.78, 5) is 16.3. The maximum Gasteiger partial charge on any atom is 0.244 e. The Balaban J connectivity index is 1.63. The molecule has 1 amide bonds. The molecule has 1 aromatic carbocycles. The standard InChI is InChI=1S/C16H21Cl2N3O3S/c17-13-4-3-5-14(16(13)18)25(23,24)21-10-8-20(9-11-21)15(22)12-19-6-1-2-7-19/h3-5H,1-2,6-12H2. The van der Waals surface area contributed by atoms with Gasteiger partial charge in [0.05, 0.1) is 16.6 Å². The molecule has 9 heteroatoms. The molecule has 0 spiro atoms. The molecule has 6 nitrogen and oxygen atoms in total. The van der Waals surface area contributed by atoms with Crippen molar-refractivity contribution in [2.45, 2.75) is 17.7 Å². The molecule has 0 atom stereocenters. The number of carbonyl (C=O) groups excluding carboxylic acids is 1. The van der Waals surface area contributed by atoms with Crippen molar-refractivity contribution in [2.75, 3.05) is 45.8 Å². The van der Waals surface area contributed by atoms with Gasteiger partial charge in [0, 0.05) is 26.2 Å². The zero-order chi connectivity index (χ0) is 18.0. The van der Waals surface area contributed by atoms with E-state index < -0.39 is 10.0 Å². The van der Waals surface area contributed by atoms with Gasteiger partial charge in [-0.15, -0.1) is 0 Å². The predicted octanol–water partition coefficient (Wildman–Crippen LogP) is 1.92. The Morgan fingerprint density at radius 1 is 1.00 bits per heavy atom. The molecule has 0 N–H and O–H groups in total. The average Bonchev–Trinajstić information content (AvgIpc) is 3.10. The minimum atomic E-state index is -3.72. The lowest BCUT2D eigenvalue weighted by Crippen LogP contribution is -2.52. The number of amides is 1. The first kappa shape index (κ1) is 18.9. The van der Waals surface area contributed by atoms with Crippen LogP contribution >= 0.6 is 23.2 Å². The van der Waals surface area contributed by atoms with Gasteiger partial charge in [-0.05, 0) is 38.1 Å². The van der Waals surface area contributed by atoms with Gasteiger partial charge in [0.2, 0.25) is 15.9 Å². The molecule has 138 valence electrons. The summed E-state index contributed by atoms with van der Waals surface area (Å²) >= 11 is 12.0. The normalized spacial score (nSPS) is 20.2. The second-order valence-corrected chi connectivity index (χ2v) is 9.01. The van der Waals surface area contributed by atoms with Crippen molar-refractivity contribution in [3.8, 4) is 0 Å². The molecule has 0 aliphatic carbocycles. The summed E-state index contributed by atoms with van der Waals surface area (Å²) in [5.41, 5.74) is 0. The quantitative estimate of drug-likeness (QED) is 0.767. The summed E-state index contributed by atoms with van der Waals surface area (Å²) in [5, 5.41) is 0.249. The van der Waals surface area contributed by atoms with Crippen molar-refractivity contribution in [3.05, 3.63) is 28.2 Å². The molecule has 2 fully saturated rings. The molecule has 2 aliphatic rings. The van der Waals surface area contributed by atoms with Crippen molar-refractivity contribution in [3.63, 3.8) is 0 Å². The summed E-state index contributed by atoms with van der Waals surface area (Å²) in [6, 6.07) is 4.57. The topological polar surface area (TPSA) is 60.9 Å². The van der Waals surface area contributed by atoms with E-state index in [4.69, 9.17) is 23.2 Å². The van der Waals surface area contributed by atoms with E-state index in [0.29, 0.717) is 19.6 Å². The minimum absolute atomic E-state index is 0.0125.